The summed E-state index contributed by atoms with van der Waals surface area (Å²) < 4.78 is 0. The summed E-state index contributed by atoms with van der Waals surface area (Å²) in [6, 6.07) is 0. The Morgan fingerprint density at radius 2 is 1.81 bits per heavy atom. The van der Waals surface area contributed by atoms with E-state index < -0.39 is 0 Å². The second-order valence-corrected chi connectivity index (χ2v) is 5.23. The number of likely N-dealkylation sites (tertiary alicyclic amines) is 1. The zero-order chi connectivity index (χ0) is 12.3. The summed E-state index contributed by atoms with van der Waals surface area (Å²) in [7, 11) is 0. The molecule has 0 saturated carbocycles. The monoisotopic (exact) mass is 226 g/mol. The summed E-state index contributed by atoms with van der Waals surface area (Å²) in [5.74, 6) is 0.730. The molecule has 0 atom stereocenters. The van der Waals surface area contributed by atoms with Crippen molar-refractivity contribution in [3.05, 3.63) is 0 Å². The third-order valence-corrected chi connectivity index (χ3v) is 2.74. The van der Waals surface area contributed by atoms with Gasteiger partial charge in [-0.05, 0) is 5.92 Å². The first-order chi connectivity index (χ1) is 7.41. The maximum Gasteiger partial charge on any atom is 0.226 e. The van der Waals surface area contributed by atoms with Crippen LogP contribution >= 0.6 is 0 Å². The van der Waals surface area contributed by atoms with E-state index in [0.29, 0.717) is 25.6 Å². The number of carbonyl (C=O) groups excluding carboxylic acids is 2. The zero-order valence-electron chi connectivity index (χ0n) is 10.6. The number of hydrogen-bond donors (Lipinski definition) is 1. The Morgan fingerprint density at radius 1 is 1.25 bits per heavy atom. The molecule has 1 N–H and O–H groups in total. The molecule has 1 saturated heterocycles. The van der Waals surface area contributed by atoms with Gasteiger partial charge in [0.25, 0.3) is 0 Å². The molecule has 4 heteroatoms. The molecule has 92 valence electrons. The largest absolute Gasteiger partial charge is 0.355 e. The summed E-state index contributed by atoms with van der Waals surface area (Å²) in [6.45, 7) is 9.78. The first-order valence-electron chi connectivity index (χ1n) is 5.98. The molecule has 0 radical (unpaired) electrons. The topological polar surface area (TPSA) is 49.4 Å². The van der Waals surface area contributed by atoms with Gasteiger partial charge in [0, 0.05) is 25.6 Å². The summed E-state index contributed by atoms with van der Waals surface area (Å²) in [5.41, 5.74) is 0. The van der Waals surface area contributed by atoms with Crippen LogP contribution in [0.4, 0.5) is 0 Å². The SMILES string of the molecule is CC(C)CNC(=O)C1CN(C(=O)C(C)C)C1. The standard InChI is InChI=1S/C12H22N2O2/c1-8(2)5-13-11(15)10-6-14(7-10)12(16)9(3)4/h8-10H,5-7H2,1-4H3,(H,13,15). The second kappa shape index (κ2) is 5.32. The first-order valence-corrected chi connectivity index (χ1v) is 5.98. The number of hydrogen-bond acceptors (Lipinski definition) is 2. The molecule has 1 fully saturated rings. The Hall–Kier alpha value is -1.06. The predicted octanol–water partition coefficient (Wildman–Crippen LogP) is 0.873. The van der Waals surface area contributed by atoms with Gasteiger partial charge in [0.05, 0.1) is 5.92 Å². The molecule has 0 aromatic rings. The molecule has 4 nitrogen and oxygen atoms in total. The van der Waals surface area contributed by atoms with Crippen LogP contribution in [0.2, 0.25) is 0 Å². The molecule has 0 spiro atoms. The average molecular weight is 226 g/mol. The van der Waals surface area contributed by atoms with Crippen molar-refractivity contribution in [2.24, 2.45) is 17.8 Å². The van der Waals surface area contributed by atoms with Crippen molar-refractivity contribution in [2.45, 2.75) is 27.7 Å². The molecule has 0 bridgehead atoms. The van der Waals surface area contributed by atoms with Crippen molar-refractivity contribution >= 4 is 11.8 Å². The van der Waals surface area contributed by atoms with E-state index in [1.807, 2.05) is 13.8 Å². The molecule has 1 heterocycles. The highest BCUT2D eigenvalue weighted by molar-refractivity contribution is 5.85. The van der Waals surface area contributed by atoms with Crippen molar-refractivity contribution in [3.8, 4) is 0 Å². The second-order valence-electron chi connectivity index (χ2n) is 5.23. The number of rotatable bonds is 4. The minimum absolute atomic E-state index is 0.00134. The number of carbonyl (C=O) groups is 2. The Balaban J connectivity index is 2.25. The van der Waals surface area contributed by atoms with E-state index in [4.69, 9.17) is 0 Å². The molecule has 0 aliphatic carbocycles. The average Bonchev–Trinajstić information content (AvgIpc) is 2.11. The lowest BCUT2D eigenvalue weighted by atomic mass is 9.97. The summed E-state index contributed by atoms with van der Waals surface area (Å²) in [6.07, 6.45) is 0. The van der Waals surface area contributed by atoms with Crippen molar-refractivity contribution in [2.75, 3.05) is 19.6 Å². The number of nitrogens with zero attached hydrogens (tertiary/aromatic N) is 1. The van der Waals surface area contributed by atoms with E-state index in [2.05, 4.69) is 19.2 Å². The smallest absolute Gasteiger partial charge is 0.226 e. The molecule has 1 aliphatic heterocycles. The highest BCUT2D eigenvalue weighted by Crippen LogP contribution is 2.18. The number of amides is 2. The van der Waals surface area contributed by atoms with Crippen molar-refractivity contribution in [1.29, 1.82) is 0 Å². The molecular weight excluding hydrogens is 204 g/mol. The molecule has 0 aromatic heterocycles. The van der Waals surface area contributed by atoms with Gasteiger partial charge in [-0.25, -0.2) is 0 Å². The minimum atomic E-state index is 0.00134. The van der Waals surface area contributed by atoms with Crippen LogP contribution in [0.15, 0.2) is 0 Å². The molecular formula is C12H22N2O2. The van der Waals surface area contributed by atoms with Gasteiger partial charge in [0.15, 0.2) is 0 Å². The lowest BCUT2D eigenvalue weighted by Crippen LogP contribution is -2.56. The van der Waals surface area contributed by atoms with Crippen LogP contribution in [-0.4, -0.2) is 36.3 Å². The maximum absolute atomic E-state index is 11.6. The quantitative estimate of drug-likeness (QED) is 0.773. The fourth-order valence-corrected chi connectivity index (χ4v) is 1.64. The van der Waals surface area contributed by atoms with Crippen molar-refractivity contribution in [1.82, 2.24) is 10.2 Å². The fourth-order valence-electron chi connectivity index (χ4n) is 1.64. The van der Waals surface area contributed by atoms with Gasteiger partial charge in [-0.15, -0.1) is 0 Å². The van der Waals surface area contributed by atoms with Gasteiger partial charge in [-0.3, -0.25) is 9.59 Å². The number of nitrogens with one attached hydrogen (secondary N) is 1. The van der Waals surface area contributed by atoms with Crippen molar-refractivity contribution in [3.63, 3.8) is 0 Å². The van der Waals surface area contributed by atoms with Crippen LogP contribution in [0, 0.1) is 17.8 Å². The summed E-state index contributed by atoms with van der Waals surface area (Å²) in [4.78, 5) is 24.9. The maximum atomic E-state index is 11.6. The van der Waals surface area contributed by atoms with Crippen LogP contribution < -0.4 is 5.32 Å². The summed E-state index contributed by atoms with van der Waals surface area (Å²) >= 11 is 0. The lowest BCUT2D eigenvalue weighted by molar-refractivity contribution is -0.145. The van der Waals surface area contributed by atoms with E-state index in [9.17, 15) is 9.59 Å². The Bertz CT molecular complexity index is 268. The minimum Gasteiger partial charge on any atom is -0.355 e. The van der Waals surface area contributed by atoms with Crippen LogP contribution in [0.25, 0.3) is 0 Å². The van der Waals surface area contributed by atoms with E-state index in [0.717, 1.165) is 0 Å². The third-order valence-electron chi connectivity index (χ3n) is 2.74. The van der Waals surface area contributed by atoms with E-state index >= 15 is 0 Å². The van der Waals surface area contributed by atoms with Gasteiger partial charge in [-0.2, -0.15) is 0 Å². The summed E-state index contributed by atoms with van der Waals surface area (Å²) in [5, 5.41) is 2.90. The highest BCUT2D eigenvalue weighted by atomic mass is 16.2. The molecule has 1 aliphatic rings. The predicted molar refractivity (Wildman–Crippen MR) is 62.8 cm³/mol. The Labute approximate surface area is 97.4 Å². The van der Waals surface area contributed by atoms with Crippen LogP contribution in [-0.2, 0) is 9.59 Å². The molecule has 2 amide bonds. The van der Waals surface area contributed by atoms with Gasteiger partial charge in [-0.1, -0.05) is 27.7 Å². The van der Waals surface area contributed by atoms with Crippen LogP contribution in [0.5, 0.6) is 0 Å². The molecule has 16 heavy (non-hydrogen) atoms. The Morgan fingerprint density at radius 3 is 2.25 bits per heavy atom. The van der Waals surface area contributed by atoms with Gasteiger partial charge >= 0.3 is 0 Å². The normalized spacial score (nSPS) is 16.5. The van der Waals surface area contributed by atoms with Crippen LogP contribution in [0.3, 0.4) is 0 Å². The zero-order valence-corrected chi connectivity index (χ0v) is 10.6. The van der Waals surface area contributed by atoms with Gasteiger partial charge < -0.3 is 10.2 Å². The van der Waals surface area contributed by atoms with Gasteiger partial charge in [0.1, 0.15) is 0 Å². The van der Waals surface area contributed by atoms with E-state index in [1.165, 1.54) is 0 Å². The Kier molecular flexibility index (Phi) is 4.33. The molecule has 0 unspecified atom stereocenters. The van der Waals surface area contributed by atoms with Crippen molar-refractivity contribution < 1.29 is 9.59 Å². The van der Waals surface area contributed by atoms with E-state index in [-0.39, 0.29) is 23.7 Å². The van der Waals surface area contributed by atoms with Gasteiger partial charge in [0.2, 0.25) is 11.8 Å². The molecule has 1 rings (SSSR count). The van der Waals surface area contributed by atoms with E-state index in [1.54, 1.807) is 4.90 Å². The molecule has 0 aromatic carbocycles. The first kappa shape index (κ1) is 13.0. The fraction of sp³-hybridized carbons (Fsp3) is 0.833. The third kappa shape index (κ3) is 3.22. The lowest BCUT2D eigenvalue weighted by Gasteiger charge is -2.39. The highest BCUT2D eigenvalue weighted by Gasteiger charge is 2.36. The van der Waals surface area contributed by atoms with Crippen LogP contribution in [0.1, 0.15) is 27.7 Å².